The van der Waals surface area contributed by atoms with Gasteiger partial charge in [0.05, 0.1) is 12.1 Å². The van der Waals surface area contributed by atoms with Crippen LogP contribution in [0.15, 0.2) is 88.9 Å². The average Bonchev–Trinajstić information content (AvgIpc) is 3.53. The summed E-state index contributed by atoms with van der Waals surface area (Å²) < 4.78 is 8.22. The highest BCUT2D eigenvalue weighted by Crippen LogP contribution is 2.32. The lowest BCUT2D eigenvalue weighted by Crippen LogP contribution is -2.35. The molecule has 9 heteroatoms. The van der Waals surface area contributed by atoms with Gasteiger partial charge < -0.3 is 9.30 Å². The lowest BCUT2D eigenvalue weighted by molar-refractivity contribution is -0.114. The maximum absolute atomic E-state index is 13.0. The van der Waals surface area contributed by atoms with Gasteiger partial charge in [-0.25, -0.2) is 0 Å². The number of hydrazone groups is 1. The van der Waals surface area contributed by atoms with Crippen LogP contribution < -0.4 is 4.74 Å². The van der Waals surface area contributed by atoms with Crippen LogP contribution in [-0.2, 0) is 17.8 Å². The summed E-state index contributed by atoms with van der Waals surface area (Å²) in [5, 5.41) is 16.7. The summed E-state index contributed by atoms with van der Waals surface area (Å²) in [5.74, 6) is 0.422. The molecule has 0 unspecified atom stereocenters. The molecule has 39 heavy (non-hydrogen) atoms. The summed E-state index contributed by atoms with van der Waals surface area (Å²) in [6.07, 6.45) is 8.09. The van der Waals surface area contributed by atoms with E-state index < -0.39 is 5.91 Å². The second-order valence-electron chi connectivity index (χ2n) is 9.32. The molecular weight excluding hydrogens is 508 g/mol. The predicted octanol–water partition coefficient (Wildman–Crippen LogP) is 5.65. The minimum absolute atomic E-state index is 0.00253. The molecule has 4 aromatic rings. The standard InChI is InChI=1S/C30H26N6O2S/c1-3-20-13-19(2)14-23(15-20)38-12-11-35-18-22(24-8-4-5-9-26(24)35)16-25-27(31)36-30(33-28(25)37)39-29(34-36)21-7-6-10-32-17-21/h4-10,13-18,31H,3,11-12H2,1-2H3. The largest absolute Gasteiger partial charge is 0.492 e. The van der Waals surface area contributed by atoms with Gasteiger partial charge in [0.1, 0.15) is 17.4 Å². The number of fused-ring (bicyclic) bond motifs is 2. The molecule has 0 saturated carbocycles. The zero-order chi connectivity index (χ0) is 26.9. The number of carbonyl (C=O) groups excluding carboxylic acids is 1. The number of carbonyl (C=O) groups is 1. The normalized spacial score (nSPS) is 16.1. The number of aromatic nitrogens is 2. The third-order valence-corrected chi connectivity index (χ3v) is 7.56. The van der Waals surface area contributed by atoms with E-state index in [9.17, 15) is 4.79 Å². The number of aryl methyl sites for hydroxylation is 2. The van der Waals surface area contributed by atoms with Gasteiger partial charge in [0.2, 0.25) is 5.17 Å². The molecule has 8 nitrogen and oxygen atoms in total. The van der Waals surface area contributed by atoms with Gasteiger partial charge in [-0.1, -0.05) is 31.2 Å². The number of rotatable bonds is 7. The van der Waals surface area contributed by atoms with Gasteiger partial charge in [0, 0.05) is 40.6 Å². The lowest BCUT2D eigenvalue weighted by Gasteiger charge is -2.20. The number of amides is 1. The Morgan fingerprint density at radius 3 is 2.82 bits per heavy atom. The van der Waals surface area contributed by atoms with Crippen LogP contribution in [0.1, 0.15) is 29.2 Å². The van der Waals surface area contributed by atoms with Crippen molar-refractivity contribution in [3.8, 4) is 5.75 Å². The number of benzene rings is 2. The van der Waals surface area contributed by atoms with Gasteiger partial charge in [-0.15, -0.1) is 0 Å². The van der Waals surface area contributed by atoms with E-state index in [1.807, 2.05) is 42.6 Å². The number of thioether (sulfide) groups is 1. The van der Waals surface area contributed by atoms with E-state index in [4.69, 9.17) is 10.1 Å². The van der Waals surface area contributed by atoms with Crippen molar-refractivity contribution in [1.29, 1.82) is 5.41 Å². The molecule has 1 amide bonds. The monoisotopic (exact) mass is 534 g/mol. The molecule has 2 aliphatic rings. The molecule has 2 aromatic heterocycles. The quantitative estimate of drug-likeness (QED) is 0.309. The molecule has 2 aromatic carbocycles. The highest BCUT2D eigenvalue weighted by molar-refractivity contribution is 8.27. The summed E-state index contributed by atoms with van der Waals surface area (Å²) in [6, 6.07) is 18.1. The molecule has 0 radical (unpaired) electrons. The molecule has 0 aliphatic carbocycles. The van der Waals surface area contributed by atoms with Crippen molar-refractivity contribution in [3.05, 3.63) is 101 Å². The molecular formula is C30H26N6O2S. The first-order chi connectivity index (χ1) is 19.0. The van der Waals surface area contributed by atoms with Crippen LogP contribution in [0, 0.1) is 12.3 Å². The third-order valence-electron chi connectivity index (χ3n) is 6.60. The van der Waals surface area contributed by atoms with E-state index in [1.54, 1.807) is 18.5 Å². The Morgan fingerprint density at radius 1 is 1.13 bits per heavy atom. The Labute approximate surface area is 230 Å². The van der Waals surface area contributed by atoms with E-state index in [2.05, 4.69) is 51.7 Å². The first kappa shape index (κ1) is 24.8. The molecule has 0 bridgehead atoms. The van der Waals surface area contributed by atoms with Crippen molar-refractivity contribution in [3.63, 3.8) is 0 Å². The van der Waals surface area contributed by atoms with Crippen molar-refractivity contribution < 1.29 is 9.53 Å². The first-order valence-electron chi connectivity index (χ1n) is 12.7. The Balaban J connectivity index is 1.27. The van der Waals surface area contributed by atoms with Crippen molar-refractivity contribution in [2.45, 2.75) is 26.8 Å². The van der Waals surface area contributed by atoms with E-state index in [0.717, 1.165) is 34.2 Å². The first-order valence-corrected chi connectivity index (χ1v) is 13.5. The van der Waals surface area contributed by atoms with Crippen molar-refractivity contribution in [2.24, 2.45) is 10.1 Å². The predicted molar refractivity (Wildman–Crippen MR) is 156 cm³/mol. The van der Waals surface area contributed by atoms with E-state index in [1.165, 1.54) is 27.9 Å². The summed E-state index contributed by atoms with van der Waals surface area (Å²) >= 11 is 1.26. The molecule has 2 aliphatic heterocycles. The van der Waals surface area contributed by atoms with Crippen LogP contribution in [0.2, 0.25) is 0 Å². The molecule has 4 heterocycles. The van der Waals surface area contributed by atoms with E-state index in [-0.39, 0.29) is 11.4 Å². The third kappa shape index (κ3) is 4.88. The minimum Gasteiger partial charge on any atom is -0.492 e. The Kier molecular flexibility index (Phi) is 6.58. The fourth-order valence-electron chi connectivity index (χ4n) is 4.70. The zero-order valence-electron chi connectivity index (χ0n) is 21.6. The fourth-order valence-corrected chi connectivity index (χ4v) is 5.58. The second-order valence-corrected chi connectivity index (χ2v) is 10.3. The topological polar surface area (TPSA) is 95.9 Å². The highest BCUT2D eigenvalue weighted by Gasteiger charge is 2.36. The van der Waals surface area contributed by atoms with Crippen LogP contribution >= 0.6 is 11.8 Å². The number of amidine groups is 2. The minimum atomic E-state index is -0.451. The number of hydrogen-bond acceptors (Lipinski definition) is 6. The molecule has 6 rings (SSSR count). The summed E-state index contributed by atoms with van der Waals surface area (Å²) in [4.78, 5) is 21.4. The number of ether oxygens (including phenoxy) is 1. The smallest absolute Gasteiger partial charge is 0.283 e. The average molecular weight is 535 g/mol. The summed E-state index contributed by atoms with van der Waals surface area (Å²) in [5.41, 5.74) is 5.31. The van der Waals surface area contributed by atoms with Crippen LogP contribution in [-0.4, -0.2) is 43.1 Å². The van der Waals surface area contributed by atoms with Gasteiger partial charge >= 0.3 is 0 Å². The van der Waals surface area contributed by atoms with Crippen LogP contribution in [0.3, 0.4) is 0 Å². The van der Waals surface area contributed by atoms with Crippen molar-refractivity contribution in [2.75, 3.05) is 6.61 Å². The maximum Gasteiger partial charge on any atom is 0.283 e. The molecule has 0 saturated heterocycles. The molecule has 0 spiro atoms. The van der Waals surface area contributed by atoms with Crippen molar-refractivity contribution >= 4 is 50.7 Å². The number of hydrogen-bond donors (Lipinski definition) is 1. The number of pyridine rings is 1. The maximum atomic E-state index is 13.0. The fraction of sp³-hybridized carbons (Fsp3) is 0.167. The highest BCUT2D eigenvalue weighted by atomic mass is 32.2. The number of para-hydroxylation sites is 1. The molecule has 194 valence electrons. The summed E-state index contributed by atoms with van der Waals surface area (Å²) in [7, 11) is 0. The second kappa shape index (κ2) is 10.3. The van der Waals surface area contributed by atoms with Crippen LogP contribution in [0.4, 0.5) is 0 Å². The van der Waals surface area contributed by atoms with Crippen LogP contribution in [0.25, 0.3) is 17.0 Å². The molecule has 1 N–H and O–H groups in total. The van der Waals surface area contributed by atoms with E-state index in [0.29, 0.717) is 23.4 Å². The molecule has 0 atom stereocenters. The van der Waals surface area contributed by atoms with Gasteiger partial charge in [0.15, 0.2) is 5.84 Å². The van der Waals surface area contributed by atoms with E-state index >= 15 is 0 Å². The SMILES string of the molecule is CCc1cc(C)cc(OCCn2cc(C=C3C(=N)N4N=C(c5cccnc5)SC4=NC3=O)c3ccccc32)c1. The number of aliphatic imine (C=N–C) groups is 1. The zero-order valence-corrected chi connectivity index (χ0v) is 22.4. The van der Waals surface area contributed by atoms with Gasteiger partial charge in [-0.05, 0) is 72.6 Å². The number of nitrogens with one attached hydrogen (secondary N) is 1. The van der Waals surface area contributed by atoms with Gasteiger partial charge in [-0.3, -0.25) is 15.2 Å². The number of nitrogens with zero attached hydrogens (tertiary/aromatic N) is 5. The Morgan fingerprint density at radius 2 is 2.00 bits per heavy atom. The van der Waals surface area contributed by atoms with Crippen LogP contribution in [0.5, 0.6) is 5.75 Å². The van der Waals surface area contributed by atoms with Gasteiger partial charge in [-0.2, -0.15) is 15.1 Å². The molecule has 0 fully saturated rings. The Bertz CT molecular complexity index is 1700. The lowest BCUT2D eigenvalue weighted by atomic mass is 10.1. The van der Waals surface area contributed by atoms with Gasteiger partial charge in [0.25, 0.3) is 5.91 Å². The van der Waals surface area contributed by atoms with Crippen molar-refractivity contribution in [1.82, 2.24) is 14.6 Å². The summed E-state index contributed by atoms with van der Waals surface area (Å²) in [6.45, 7) is 5.35. The Hall–Kier alpha value is -4.50.